The van der Waals surface area contributed by atoms with Crippen LogP contribution in [-0.4, -0.2) is 62.3 Å². The summed E-state index contributed by atoms with van der Waals surface area (Å²) in [5.41, 5.74) is 1.91. The summed E-state index contributed by atoms with van der Waals surface area (Å²) in [5.74, 6) is 0.876. The number of morpholine rings is 1. The molecular formula is C23H27N3O3S. The quantitative estimate of drug-likeness (QED) is 0.552. The van der Waals surface area contributed by atoms with Gasteiger partial charge in [0.2, 0.25) is 5.91 Å². The number of nitrogens with zero attached hydrogens (tertiary/aromatic N) is 3. The fourth-order valence-electron chi connectivity index (χ4n) is 3.61. The van der Waals surface area contributed by atoms with Crippen LogP contribution < -0.4 is 9.64 Å². The number of carbonyl (C=O) groups is 1. The van der Waals surface area contributed by atoms with E-state index in [0.29, 0.717) is 13.0 Å². The van der Waals surface area contributed by atoms with Gasteiger partial charge in [-0.05, 0) is 30.2 Å². The average Bonchev–Trinajstić information content (AvgIpc) is 3.20. The Morgan fingerprint density at radius 3 is 2.77 bits per heavy atom. The molecule has 0 aliphatic carbocycles. The number of fused-ring (bicyclic) bond motifs is 1. The molecule has 1 fully saturated rings. The first-order valence-electron chi connectivity index (χ1n) is 10.3. The van der Waals surface area contributed by atoms with Crippen molar-refractivity contribution in [1.82, 2.24) is 9.88 Å². The maximum atomic E-state index is 13.2. The number of hydrogen-bond acceptors (Lipinski definition) is 6. The zero-order chi connectivity index (χ0) is 20.8. The maximum absolute atomic E-state index is 13.2. The molecule has 1 amide bonds. The molecule has 4 rings (SSSR count). The van der Waals surface area contributed by atoms with Crippen LogP contribution in [0.1, 0.15) is 12.0 Å². The Morgan fingerprint density at radius 1 is 1.20 bits per heavy atom. The Kier molecular flexibility index (Phi) is 6.94. The molecule has 7 heteroatoms. The van der Waals surface area contributed by atoms with E-state index in [0.717, 1.165) is 65.9 Å². The number of aromatic nitrogens is 1. The third kappa shape index (κ3) is 5.16. The van der Waals surface area contributed by atoms with Crippen LogP contribution in [-0.2, 0) is 16.0 Å². The number of anilines is 1. The summed E-state index contributed by atoms with van der Waals surface area (Å²) in [6, 6.07) is 15.7. The SMILES string of the molecule is COc1ccc2nc(N(CCCN3CCOCC3)C(=O)Cc3ccccc3)sc2c1. The number of methoxy groups -OCH3 is 1. The number of rotatable bonds is 8. The second-order valence-electron chi connectivity index (χ2n) is 7.35. The minimum Gasteiger partial charge on any atom is -0.497 e. The molecule has 0 unspecified atom stereocenters. The van der Waals surface area contributed by atoms with Crippen LogP contribution in [0.25, 0.3) is 10.2 Å². The van der Waals surface area contributed by atoms with Crippen molar-refractivity contribution in [2.45, 2.75) is 12.8 Å². The third-order valence-corrected chi connectivity index (χ3v) is 6.32. The fraction of sp³-hybridized carbons (Fsp3) is 0.391. The Morgan fingerprint density at radius 2 is 2.00 bits per heavy atom. The number of ether oxygens (including phenoxy) is 2. The molecule has 0 N–H and O–H groups in total. The summed E-state index contributed by atoms with van der Waals surface area (Å²) in [6.07, 6.45) is 1.28. The smallest absolute Gasteiger partial charge is 0.233 e. The van der Waals surface area contributed by atoms with Crippen molar-refractivity contribution in [3.63, 3.8) is 0 Å². The minimum atomic E-state index is 0.0780. The summed E-state index contributed by atoms with van der Waals surface area (Å²) in [4.78, 5) is 22.2. The predicted octanol–water partition coefficient (Wildman–Crippen LogP) is 3.60. The predicted molar refractivity (Wildman–Crippen MR) is 121 cm³/mol. The van der Waals surface area contributed by atoms with Crippen LogP contribution in [0.15, 0.2) is 48.5 Å². The third-order valence-electron chi connectivity index (χ3n) is 5.27. The summed E-state index contributed by atoms with van der Waals surface area (Å²) < 4.78 is 11.8. The van der Waals surface area contributed by atoms with Gasteiger partial charge in [0.1, 0.15) is 5.75 Å². The highest BCUT2D eigenvalue weighted by molar-refractivity contribution is 7.22. The average molecular weight is 426 g/mol. The summed E-state index contributed by atoms with van der Waals surface area (Å²) >= 11 is 1.54. The van der Waals surface area contributed by atoms with Crippen molar-refractivity contribution >= 4 is 32.6 Å². The molecule has 0 radical (unpaired) electrons. The molecule has 0 bridgehead atoms. The van der Waals surface area contributed by atoms with Gasteiger partial charge in [-0.15, -0.1) is 0 Å². The molecule has 158 valence electrons. The van der Waals surface area contributed by atoms with E-state index in [-0.39, 0.29) is 5.91 Å². The Labute approximate surface area is 181 Å². The number of thiazole rings is 1. The number of hydrogen-bond donors (Lipinski definition) is 0. The van der Waals surface area contributed by atoms with Crippen LogP contribution in [0.4, 0.5) is 5.13 Å². The van der Waals surface area contributed by atoms with Gasteiger partial charge in [0.05, 0.1) is 37.0 Å². The van der Waals surface area contributed by atoms with E-state index >= 15 is 0 Å². The molecule has 1 aliphatic heterocycles. The van der Waals surface area contributed by atoms with Gasteiger partial charge in [0.25, 0.3) is 0 Å². The standard InChI is InChI=1S/C23H27N3O3S/c1-28-19-8-9-20-21(17-19)30-23(24-20)26(11-5-10-25-12-14-29-15-13-25)22(27)16-18-6-3-2-4-7-18/h2-4,6-9,17H,5,10-16H2,1H3. The molecule has 1 aromatic heterocycles. The highest BCUT2D eigenvalue weighted by atomic mass is 32.1. The molecule has 30 heavy (non-hydrogen) atoms. The zero-order valence-corrected chi connectivity index (χ0v) is 18.1. The van der Waals surface area contributed by atoms with E-state index in [1.165, 1.54) is 0 Å². The van der Waals surface area contributed by atoms with Crippen molar-refractivity contribution in [3.05, 3.63) is 54.1 Å². The van der Waals surface area contributed by atoms with Crippen LogP contribution >= 0.6 is 11.3 Å². The van der Waals surface area contributed by atoms with Gasteiger partial charge in [0, 0.05) is 26.2 Å². The van der Waals surface area contributed by atoms with Crippen LogP contribution in [0.2, 0.25) is 0 Å². The maximum Gasteiger partial charge on any atom is 0.233 e. The molecule has 0 saturated carbocycles. The van der Waals surface area contributed by atoms with Crippen molar-refractivity contribution in [3.8, 4) is 5.75 Å². The van der Waals surface area contributed by atoms with E-state index in [1.54, 1.807) is 18.4 Å². The Hall–Kier alpha value is -2.48. The van der Waals surface area contributed by atoms with Gasteiger partial charge in [-0.1, -0.05) is 41.7 Å². The van der Waals surface area contributed by atoms with Gasteiger partial charge in [-0.25, -0.2) is 4.98 Å². The van der Waals surface area contributed by atoms with Gasteiger partial charge in [0.15, 0.2) is 5.13 Å². The van der Waals surface area contributed by atoms with Gasteiger partial charge < -0.3 is 9.47 Å². The Balaban J connectivity index is 1.51. The lowest BCUT2D eigenvalue weighted by Gasteiger charge is -2.27. The first-order chi connectivity index (χ1) is 14.7. The molecule has 1 aliphatic rings. The highest BCUT2D eigenvalue weighted by Gasteiger charge is 2.21. The van der Waals surface area contributed by atoms with E-state index in [1.807, 2.05) is 53.4 Å². The molecule has 0 spiro atoms. The monoisotopic (exact) mass is 425 g/mol. The summed E-state index contributed by atoms with van der Waals surface area (Å²) in [7, 11) is 1.66. The van der Waals surface area contributed by atoms with E-state index in [4.69, 9.17) is 14.5 Å². The zero-order valence-electron chi connectivity index (χ0n) is 17.3. The molecule has 3 aromatic rings. The molecule has 2 heterocycles. The summed E-state index contributed by atoms with van der Waals surface area (Å²) in [5, 5.41) is 0.751. The van der Waals surface area contributed by atoms with E-state index in [9.17, 15) is 4.79 Å². The van der Waals surface area contributed by atoms with E-state index < -0.39 is 0 Å². The molecular weight excluding hydrogens is 398 g/mol. The number of carbonyl (C=O) groups excluding carboxylic acids is 1. The lowest BCUT2D eigenvalue weighted by atomic mass is 10.1. The summed E-state index contributed by atoms with van der Waals surface area (Å²) in [6.45, 7) is 5.10. The van der Waals surface area contributed by atoms with Gasteiger partial charge in [-0.3, -0.25) is 14.6 Å². The number of amides is 1. The van der Waals surface area contributed by atoms with Gasteiger partial charge in [-0.2, -0.15) is 0 Å². The largest absolute Gasteiger partial charge is 0.497 e. The fourth-order valence-corrected chi connectivity index (χ4v) is 4.64. The lowest BCUT2D eigenvalue weighted by molar-refractivity contribution is -0.118. The topological polar surface area (TPSA) is 54.9 Å². The minimum absolute atomic E-state index is 0.0780. The second-order valence-corrected chi connectivity index (χ2v) is 8.35. The first-order valence-corrected chi connectivity index (χ1v) is 11.1. The van der Waals surface area contributed by atoms with Crippen LogP contribution in [0.3, 0.4) is 0 Å². The molecule has 6 nitrogen and oxygen atoms in total. The molecule has 1 saturated heterocycles. The van der Waals surface area contributed by atoms with E-state index in [2.05, 4.69) is 4.90 Å². The normalized spacial score (nSPS) is 14.7. The van der Waals surface area contributed by atoms with Crippen molar-refractivity contribution < 1.29 is 14.3 Å². The highest BCUT2D eigenvalue weighted by Crippen LogP contribution is 2.32. The second kappa shape index (κ2) is 10.0. The van der Waals surface area contributed by atoms with Crippen molar-refractivity contribution in [2.24, 2.45) is 0 Å². The van der Waals surface area contributed by atoms with Crippen molar-refractivity contribution in [2.75, 3.05) is 51.4 Å². The molecule has 0 atom stereocenters. The van der Waals surface area contributed by atoms with Crippen LogP contribution in [0.5, 0.6) is 5.75 Å². The van der Waals surface area contributed by atoms with Crippen molar-refractivity contribution in [1.29, 1.82) is 0 Å². The number of benzene rings is 2. The molecule has 2 aromatic carbocycles. The van der Waals surface area contributed by atoms with Gasteiger partial charge >= 0.3 is 0 Å². The van der Waals surface area contributed by atoms with Crippen LogP contribution in [0, 0.1) is 0 Å². The lowest BCUT2D eigenvalue weighted by Crippen LogP contribution is -2.39. The first kappa shape index (κ1) is 20.8. The Bertz CT molecular complexity index is 970.